The summed E-state index contributed by atoms with van der Waals surface area (Å²) >= 11 is 5.79. The van der Waals surface area contributed by atoms with Gasteiger partial charge in [-0.3, -0.25) is 9.59 Å². The molecule has 0 aliphatic carbocycles. The quantitative estimate of drug-likeness (QED) is 0.507. The maximum Gasteiger partial charge on any atom is 0.321 e. The van der Waals surface area contributed by atoms with E-state index in [2.05, 4.69) is 15.0 Å². The smallest absolute Gasteiger partial charge is 0.321 e. The minimum absolute atomic E-state index is 0.0927. The van der Waals surface area contributed by atoms with Crippen LogP contribution in [-0.4, -0.2) is 38.4 Å². The molecule has 10 heteroatoms. The van der Waals surface area contributed by atoms with Gasteiger partial charge in [-0.2, -0.15) is 0 Å². The van der Waals surface area contributed by atoms with E-state index in [-0.39, 0.29) is 10.8 Å². The Morgan fingerprint density at radius 1 is 1.15 bits per heavy atom. The summed E-state index contributed by atoms with van der Waals surface area (Å²) < 4.78 is 30.4. The highest BCUT2D eigenvalue weighted by molar-refractivity contribution is 7.92. The van der Waals surface area contributed by atoms with Crippen molar-refractivity contribution in [3.63, 3.8) is 0 Å². The van der Waals surface area contributed by atoms with Crippen molar-refractivity contribution in [2.24, 2.45) is 0 Å². The molecule has 2 N–H and O–H groups in total. The average molecular weight is 410 g/mol. The van der Waals surface area contributed by atoms with Gasteiger partial charge in [0.1, 0.15) is 6.54 Å². The predicted molar refractivity (Wildman–Crippen MR) is 101 cm³/mol. The molecule has 0 aliphatic rings. The van der Waals surface area contributed by atoms with E-state index in [0.29, 0.717) is 5.56 Å². The first-order chi connectivity index (χ1) is 12.9. The average Bonchev–Trinajstić information content (AvgIpc) is 2.66. The summed E-state index contributed by atoms with van der Waals surface area (Å²) in [5, 5.41) is 3.45. The van der Waals surface area contributed by atoms with Crippen molar-refractivity contribution in [1.82, 2.24) is 9.71 Å². The van der Waals surface area contributed by atoms with Crippen LogP contribution < -0.4 is 10.0 Å². The lowest BCUT2D eigenvalue weighted by molar-refractivity contribution is -0.146. The molecule has 142 valence electrons. The molecule has 27 heavy (non-hydrogen) atoms. The van der Waals surface area contributed by atoms with Crippen molar-refractivity contribution in [1.29, 1.82) is 0 Å². The lowest BCUT2D eigenvalue weighted by Crippen LogP contribution is -2.31. The number of aromatic nitrogens is 1. The molecular formula is C17H16ClN3O5S. The van der Waals surface area contributed by atoms with E-state index in [1.807, 2.05) is 0 Å². The zero-order chi connectivity index (χ0) is 19.7. The van der Waals surface area contributed by atoms with E-state index in [4.69, 9.17) is 16.3 Å². The zero-order valence-electron chi connectivity index (χ0n) is 14.0. The molecule has 0 spiro atoms. The van der Waals surface area contributed by atoms with Gasteiger partial charge in [-0.05, 0) is 23.8 Å². The Morgan fingerprint density at radius 2 is 1.89 bits per heavy atom. The zero-order valence-corrected chi connectivity index (χ0v) is 15.5. The first-order valence-corrected chi connectivity index (χ1v) is 9.57. The van der Waals surface area contributed by atoms with Crippen LogP contribution >= 0.6 is 11.6 Å². The topological polar surface area (TPSA) is 114 Å². The second-order valence-electron chi connectivity index (χ2n) is 5.13. The van der Waals surface area contributed by atoms with Crippen LogP contribution in [0.3, 0.4) is 0 Å². The van der Waals surface area contributed by atoms with E-state index in [9.17, 15) is 18.0 Å². The van der Waals surface area contributed by atoms with Gasteiger partial charge in [-0.25, -0.2) is 18.1 Å². The number of rotatable bonds is 8. The monoisotopic (exact) mass is 409 g/mol. The van der Waals surface area contributed by atoms with Crippen LogP contribution in [0.1, 0.15) is 5.56 Å². The van der Waals surface area contributed by atoms with Crippen LogP contribution in [0.15, 0.2) is 54.1 Å². The molecule has 0 atom stereocenters. The van der Waals surface area contributed by atoms with Crippen molar-refractivity contribution in [3.05, 3.63) is 64.8 Å². The number of carbonyl (C=O) groups is 2. The number of esters is 1. The van der Waals surface area contributed by atoms with Gasteiger partial charge in [-0.15, -0.1) is 0 Å². The predicted octanol–water partition coefficient (Wildman–Crippen LogP) is 1.81. The minimum atomic E-state index is -3.83. The van der Waals surface area contributed by atoms with E-state index in [0.717, 1.165) is 5.41 Å². The number of carbonyl (C=O) groups excluding carboxylic acids is 2. The molecule has 2 rings (SSSR count). The minimum Gasteiger partial charge on any atom is -0.455 e. The highest BCUT2D eigenvalue weighted by Gasteiger charge is 2.12. The maximum absolute atomic E-state index is 11.8. The van der Waals surface area contributed by atoms with Gasteiger partial charge in [0.25, 0.3) is 5.91 Å². The standard InChI is InChI=1S/C17H16ClN3O5S/c18-17-14(7-4-9-19-17)21-15(22)12-26-16(23)11-20-27(24,25)10-8-13-5-2-1-3-6-13/h1-10,20H,11-12H2,(H,21,22)/b10-8+. The van der Waals surface area contributed by atoms with Crippen LogP contribution in [-0.2, 0) is 24.3 Å². The summed E-state index contributed by atoms with van der Waals surface area (Å²) in [6, 6.07) is 11.9. The number of nitrogens with zero attached hydrogens (tertiary/aromatic N) is 1. The molecule has 2 aromatic rings. The van der Waals surface area contributed by atoms with Gasteiger partial charge >= 0.3 is 5.97 Å². The lowest BCUT2D eigenvalue weighted by atomic mass is 10.2. The fourth-order valence-electron chi connectivity index (χ4n) is 1.80. The van der Waals surface area contributed by atoms with E-state index in [1.54, 1.807) is 36.4 Å². The maximum atomic E-state index is 11.8. The molecule has 0 radical (unpaired) electrons. The number of hydrogen-bond acceptors (Lipinski definition) is 6. The van der Waals surface area contributed by atoms with Crippen LogP contribution in [0.5, 0.6) is 0 Å². The number of anilines is 1. The number of pyridine rings is 1. The highest BCUT2D eigenvalue weighted by atomic mass is 35.5. The molecule has 1 heterocycles. The van der Waals surface area contributed by atoms with Crippen molar-refractivity contribution in [2.75, 3.05) is 18.5 Å². The summed E-state index contributed by atoms with van der Waals surface area (Å²) in [4.78, 5) is 27.1. The summed E-state index contributed by atoms with van der Waals surface area (Å²) in [7, 11) is -3.83. The molecule has 1 aromatic heterocycles. The van der Waals surface area contributed by atoms with Gasteiger partial charge in [0.05, 0.1) is 5.69 Å². The number of hydrogen-bond donors (Lipinski definition) is 2. The third kappa shape index (κ3) is 7.57. The van der Waals surface area contributed by atoms with Crippen LogP contribution in [0.2, 0.25) is 5.15 Å². The third-order valence-corrected chi connectivity index (χ3v) is 4.40. The van der Waals surface area contributed by atoms with Gasteiger partial charge in [0, 0.05) is 11.6 Å². The van der Waals surface area contributed by atoms with Crippen LogP contribution in [0, 0.1) is 0 Å². The van der Waals surface area contributed by atoms with Crippen molar-refractivity contribution >= 4 is 45.3 Å². The number of halogens is 1. The van der Waals surface area contributed by atoms with Gasteiger partial charge in [-0.1, -0.05) is 41.9 Å². The third-order valence-electron chi connectivity index (χ3n) is 3.05. The summed E-state index contributed by atoms with van der Waals surface area (Å²) in [6.07, 6.45) is 2.84. The Hall–Kier alpha value is -2.75. The molecule has 0 unspecified atom stereocenters. The second kappa shape index (κ2) is 9.81. The summed E-state index contributed by atoms with van der Waals surface area (Å²) in [5.74, 6) is -1.54. The van der Waals surface area contributed by atoms with Gasteiger partial charge < -0.3 is 10.1 Å². The molecular weight excluding hydrogens is 394 g/mol. The number of nitrogens with one attached hydrogen (secondary N) is 2. The molecule has 8 nitrogen and oxygen atoms in total. The molecule has 0 bridgehead atoms. The number of amides is 1. The molecule has 0 saturated heterocycles. The van der Waals surface area contributed by atoms with Crippen molar-refractivity contribution in [3.8, 4) is 0 Å². The normalized spacial score (nSPS) is 11.3. The Morgan fingerprint density at radius 3 is 2.59 bits per heavy atom. The highest BCUT2D eigenvalue weighted by Crippen LogP contribution is 2.16. The first-order valence-electron chi connectivity index (χ1n) is 7.64. The van der Waals surface area contributed by atoms with Crippen molar-refractivity contribution < 1.29 is 22.7 Å². The fraction of sp³-hybridized carbons (Fsp3) is 0.118. The Kier molecular flexibility index (Phi) is 7.47. The van der Waals surface area contributed by atoms with E-state index < -0.39 is 35.1 Å². The van der Waals surface area contributed by atoms with Crippen molar-refractivity contribution in [2.45, 2.75) is 0 Å². The summed E-state index contributed by atoms with van der Waals surface area (Å²) in [5.41, 5.74) is 0.961. The van der Waals surface area contributed by atoms with Gasteiger partial charge in [0.2, 0.25) is 10.0 Å². The largest absolute Gasteiger partial charge is 0.455 e. The second-order valence-corrected chi connectivity index (χ2v) is 7.14. The van der Waals surface area contributed by atoms with E-state index >= 15 is 0 Å². The Balaban J connectivity index is 1.76. The van der Waals surface area contributed by atoms with Gasteiger partial charge in [0.15, 0.2) is 11.8 Å². The summed E-state index contributed by atoms with van der Waals surface area (Å²) in [6.45, 7) is -1.20. The first kappa shape index (κ1) is 20.6. The Bertz CT molecular complexity index is 933. The Labute approximate surface area is 161 Å². The number of benzene rings is 1. The molecule has 0 aliphatic heterocycles. The fourth-order valence-corrected chi connectivity index (χ4v) is 2.72. The lowest BCUT2D eigenvalue weighted by Gasteiger charge is -2.07. The number of sulfonamides is 1. The molecule has 0 saturated carbocycles. The van der Waals surface area contributed by atoms with Crippen LogP contribution in [0.25, 0.3) is 6.08 Å². The SMILES string of the molecule is O=C(COC(=O)CNS(=O)(=O)/C=C/c1ccccc1)Nc1cccnc1Cl. The van der Waals surface area contributed by atoms with E-state index in [1.165, 1.54) is 18.3 Å². The number of ether oxygens (including phenoxy) is 1. The molecule has 1 aromatic carbocycles. The molecule has 1 amide bonds. The van der Waals surface area contributed by atoms with Crippen LogP contribution in [0.4, 0.5) is 5.69 Å². The molecule has 0 fully saturated rings.